The van der Waals surface area contributed by atoms with Gasteiger partial charge in [0, 0.05) is 18.0 Å². The molecule has 1 aromatic rings. The highest BCUT2D eigenvalue weighted by atomic mass is 19.1. The standard InChI is InChI=1S/C9H10FN3O/c10-8-1-2-9(13-5-8)12-4-7(3-11)6-14/h1-5,11,14H,6H2,(H,12,13)/b7-4+,11-3?. The second-order valence-electron chi connectivity index (χ2n) is 2.53. The number of aliphatic hydroxyl groups excluding tert-OH is 1. The van der Waals surface area contributed by atoms with Crippen molar-refractivity contribution in [2.45, 2.75) is 0 Å². The number of nitrogens with zero attached hydrogens (tertiary/aromatic N) is 1. The molecule has 0 aromatic carbocycles. The fraction of sp³-hybridized carbons (Fsp3) is 0.111. The molecule has 0 amide bonds. The Labute approximate surface area is 80.6 Å². The second-order valence-corrected chi connectivity index (χ2v) is 2.53. The van der Waals surface area contributed by atoms with Crippen molar-refractivity contribution in [3.05, 3.63) is 35.9 Å². The Kier molecular flexibility index (Phi) is 3.75. The largest absolute Gasteiger partial charge is 0.392 e. The van der Waals surface area contributed by atoms with Crippen LogP contribution in [0.5, 0.6) is 0 Å². The van der Waals surface area contributed by atoms with Crippen LogP contribution in [-0.2, 0) is 0 Å². The van der Waals surface area contributed by atoms with Crippen molar-refractivity contribution in [2.24, 2.45) is 0 Å². The lowest BCUT2D eigenvalue weighted by Crippen LogP contribution is -1.98. The summed E-state index contributed by atoms with van der Waals surface area (Å²) in [6.45, 7) is -0.225. The van der Waals surface area contributed by atoms with E-state index in [1.54, 1.807) is 0 Å². The highest BCUT2D eigenvalue weighted by Crippen LogP contribution is 2.03. The summed E-state index contributed by atoms with van der Waals surface area (Å²) in [5.74, 6) is 0.0492. The molecule has 5 heteroatoms. The van der Waals surface area contributed by atoms with Crippen LogP contribution in [0, 0.1) is 11.2 Å². The first kappa shape index (κ1) is 10.3. The van der Waals surface area contributed by atoms with Crippen molar-refractivity contribution >= 4 is 12.0 Å². The Hall–Kier alpha value is -1.75. The number of rotatable bonds is 4. The lowest BCUT2D eigenvalue weighted by Gasteiger charge is -2.00. The fourth-order valence-electron chi connectivity index (χ4n) is 0.761. The lowest BCUT2D eigenvalue weighted by atomic mass is 10.3. The molecule has 14 heavy (non-hydrogen) atoms. The first-order valence-corrected chi connectivity index (χ1v) is 3.94. The van der Waals surface area contributed by atoms with E-state index in [0.717, 1.165) is 12.4 Å². The number of halogens is 1. The van der Waals surface area contributed by atoms with E-state index in [1.807, 2.05) is 0 Å². The molecule has 0 radical (unpaired) electrons. The Morgan fingerprint density at radius 2 is 2.43 bits per heavy atom. The zero-order valence-electron chi connectivity index (χ0n) is 7.37. The summed E-state index contributed by atoms with van der Waals surface area (Å²) in [4.78, 5) is 3.73. The molecule has 0 saturated carbocycles. The van der Waals surface area contributed by atoms with Crippen molar-refractivity contribution in [3.63, 3.8) is 0 Å². The molecule has 0 atom stereocenters. The summed E-state index contributed by atoms with van der Waals surface area (Å²) >= 11 is 0. The Morgan fingerprint density at radius 3 is 2.93 bits per heavy atom. The monoisotopic (exact) mass is 195 g/mol. The number of hydrogen-bond donors (Lipinski definition) is 3. The first-order chi connectivity index (χ1) is 6.76. The third-order valence-corrected chi connectivity index (χ3v) is 1.50. The van der Waals surface area contributed by atoms with Gasteiger partial charge in [-0.15, -0.1) is 0 Å². The van der Waals surface area contributed by atoms with Crippen LogP contribution in [0.15, 0.2) is 30.1 Å². The summed E-state index contributed by atoms with van der Waals surface area (Å²) < 4.78 is 12.4. The number of nitrogens with one attached hydrogen (secondary N) is 2. The van der Waals surface area contributed by atoms with Gasteiger partial charge in [-0.2, -0.15) is 0 Å². The van der Waals surface area contributed by atoms with Crippen molar-refractivity contribution in [3.8, 4) is 0 Å². The van der Waals surface area contributed by atoms with Crippen LogP contribution >= 0.6 is 0 Å². The van der Waals surface area contributed by atoms with Gasteiger partial charge in [-0.1, -0.05) is 0 Å². The van der Waals surface area contributed by atoms with E-state index in [0.29, 0.717) is 11.4 Å². The van der Waals surface area contributed by atoms with E-state index < -0.39 is 5.82 Å². The van der Waals surface area contributed by atoms with Gasteiger partial charge < -0.3 is 15.8 Å². The maximum atomic E-state index is 12.4. The van der Waals surface area contributed by atoms with Crippen molar-refractivity contribution < 1.29 is 9.50 Å². The number of aliphatic hydroxyl groups is 1. The van der Waals surface area contributed by atoms with Crippen molar-refractivity contribution in [2.75, 3.05) is 11.9 Å². The molecule has 0 saturated heterocycles. The molecule has 1 aromatic heterocycles. The maximum absolute atomic E-state index is 12.4. The van der Waals surface area contributed by atoms with Gasteiger partial charge in [0.25, 0.3) is 0 Å². The fourth-order valence-corrected chi connectivity index (χ4v) is 0.761. The molecule has 0 aliphatic heterocycles. The zero-order chi connectivity index (χ0) is 10.4. The van der Waals surface area contributed by atoms with Crippen LogP contribution in [0.25, 0.3) is 0 Å². The van der Waals surface area contributed by atoms with Gasteiger partial charge >= 0.3 is 0 Å². The molecule has 1 rings (SSSR count). The number of aromatic nitrogens is 1. The van der Waals surface area contributed by atoms with E-state index in [1.165, 1.54) is 18.3 Å². The number of hydrogen-bond acceptors (Lipinski definition) is 4. The Bertz CT molecular complexity index is 334. The van der Waals surface area contributed by atoms with E-state index in [-0.39, 0.29) is 6.61 Å². The molecule has 0 fully saturated rings. The molecule has 4 nitrogen and oxygen atoms in total. The number of pyridine rings is 1. The van der Waals surface area contributed by atoms with Crippen LogP contribution in [0.3, 0.4) is 0 Å². The van der Waals surface area contributed by atoms with Gasteiger partial charge in [-0.05, 0) is 12.1 Å². The van der Waals surface area contributed by atoms with E-state index in [4.69, 9.17) is 10.5 Å². The Morgan fingerprint density at radius 1 is 1.64 bits per heavy atom. The highest BCUT2D eigenvalue weighted by molar-refractivity contribution is 5.76. The molecule has 0 unspecified atom stereocenters. The van der Waals surface area contributed by atoms with E-state index in [9.17, 15) is 4.39 Å². The molecular formula is C9H10FN3O. The quantitative estimate of drug-likeness (QED) is 0.631. The first-order valence-electron chi connectivity index (χ1n) is 3.94. The van der Waals surface area contributed by atoms with Crippen LogP contribution in [0.2, 0.25) is 0 Å². The zero-order valence-corrected chi connectivity index (χ0v) is 7.37. The summed E-state index contributed by atoms with van der Waals surface area (Å²) in [5, 5.41) is 18.3. The van der Waals surface area contributed by atoms with Crippen molar-refractivity contribution in [1.29, 1.82) is 5.41 Å². The second kappa shape index (κ2) is 5.08. The summed E-state index contributed by atoms with van der Waals surface area (Å²) in [7, 11) is 0. The predicted molar refractivity (Wildman–Crippen MR) is 51.8 cm³/mol. The molecule has 0 bridgehead atoms. The van der Waals surface area contributed by atoms with E-state index >= 15 is 0 Å². The third-order valence-electron chi connectivity index (χ3n) is 1.50. The Balaban J connectivity index is 2.65. The smallest absolute Gasteiger partial charge is 0.141 e. The summed E-state index contributed by atoms with van der Waals surface area (Å²) in [5.41, 5.74) is 0.413. The maximum Gasteiger partial charge on any atom is 0.141 e. The van der Waals surface area contributed by atoms with Crippen molar-refractivity contribution in [1.82, 2.24) is 4.98 Å². The van der Waals surface area contributed by atoms with Gasteiger partial charge in [-0.3, -0.25) is 0 Å². The topological polar surface area (TPSA) is 69.0 Å². The van der Waals surface area contributed by atoms with Gasteiger partial charge in [0.2, 0.25) is 0 Å². The van der Waals surface area contributed by atoms with E-state index in [2.05, 4.69) is 10.3 Å². The van der Waals surface area contributed by atoms with Crippen LogP contribution in [0.4, 0.5) is 10.2 Å². The molecule has 0 aliphatic rings. The lowest BCUT2D eigenvalue weighted by molar-refractivity contribution is 0.337. The van der Waals surface area contributed by atoms with Crippen LogP contribution in [0.1, 0.15) is 0 Å². The van der Waals surface area contributed by atoms with Crippen LogP contribution in [-0.4, -0.2) is 22.9 Å². The minimum atomic E-state index is -0.408. The highest BCUT2D eigenvalue weighted by Gasteiger charge is 1.93. The van der Waals surface area contributed by atoms with Crippen LogP contribution < -0.4 is 5.32 Å². The minimum absolute atomic E-state index is 0.225. The minimum Gasteiger partial charge on any atom is -0.392 e. The molecular weight excluding hydrogens is 185 g/mol. The molecule has 0 spiro atoms. The SMILES string of the molecule is N=C/C(=C\Nc1ccc(F)cn1)CO. The van der Waals surface area contributed by atoms with Gasteiger partial charge in [-0.25, -0.2) is 9.37 Å². The van der Waals surface area contributed by atoms with Gasteiger partial charge in [0.15, 0.2) is 0 Å². The molecule has 74 valence electrons. The average molecular weight is 195 g/mol. The van der Waals surface area contributed by atoms with Gasteiger partial charge in [0.1, 0.15) is 11.6 Å². The normalized spacial score (nSPS) is 11.1. The summed E-state index contributed by atoms with van der Waals surface area (Å²) in [6, 6.07) is 2.73. The van der Waals surface area contributed by atoms with Gasteiger partial charge in [0.05, 0.1) is 12.8 Å². The number of anilines is 1. The molecule has 3 N–H and O–H groups in total. The molecule has 1 heterocycles. The summed E-state index contributed by atoms with van der Waals surface area (Å²) in [6.07, 6.45) is 3.54. The molecule has 0 aliphatic carbocycles. The third kappa shape index (κ3) is 2.95. The predicted octanol–water partition coefficient (Wildman–Crippen LogP) is 1.16. The average Bonchev–Trinajstić information content (AvgIpc) is 2.22.